The maximum atomic E-state index is 6.02. The van der Waals surface area contributed by atoms with Crippen LogP contribution in [0.25, 0.3) is 0 Å². The van der Waals surface area contributed by atoms with E-state index in [-0.39, 0.29) is 5.54 Å². The van der Waals surface area contributed by atoms with Crippen LogP contribution in [0.2, 0.25) is 0 Å². The molecule has 0 aromatic carbocycles. The average molecular weight is 242 g/mol. The molecular weight excluding hydrogens is 216 g/mol. The Morgan fingerprint density at radius 1 is 1.38 bits per heavy atom. The highest BCUT2D eigenvalue weighted by atomic mass is 32.2. The summed E-state index contributed by atoms with van der Waals surface area (Å²) in [7, 11) is 0. The monoisotopic (exact) mass is 242 g/mol. The average Bonchev–Trinajstić information content (AvgIpc) is 2.24. The van der Waals surface area contributed by atoms with E-state index in [1.54, 1.807) is 0 Å². The second-order valence-corrected chi connectivity index (χ2v) is 6.94. The van der Waals surface area contributed by atoms with Gasteiger partial charge >= 0.3 is 0 Å². The first-order valence-corrected chi connectivity index (χ1v) is 7.88. The summed E-state index contributed by atoms with van der Waals surface area (Å²) in [6.45, 7) is 4.31. The molecule has 0 radical (unpaired) electrons. The third kappa shape index (κ3) is 2.74. The molecule has 1 aliphatic carbocycles. The Kier molecular flexibility index (Phi) is 4.57. The molecule has 2 unspecified atom stereocenters. The lowest BCUT2D eigenvalue weighted by molar-refractivity contribution is 0.251. The van der Waals surface area contributed by atoms with Crippen molar-refractivity contribution in [3.05, 3.63) is 0 Å². The van der Waals surface area contributed by atoms with Crippen LogP contribution >= 0.6 is 11.8 Å². The summed E-state index contributed by atoms with van der Waals surface area (Å²) in [5.41, 5.74) is 6.25. The summed E-state index contributed by atoms with van der Waals surface area (Å²) in [5.74, 6) is 2.32. The van der Waals surface area contributed by atoms with Crippen molar-refractivity contribution in [2.24, 2.45) is 11.7 Å². The van der Waals surface area contributed by atoms with Gasteiger partial charge in [-0.3, -0.25) is 0 Å². The van der Waals surface area contributed by atoms with Gasteiger partial charge in [0.1, 0.15) is 0 Å². The van der Waals surface area contributed by atoms with E-state index in [1.807, 2.05) is 0 Å². The maximum Gasteiger partial charge on any atom is 0.0421 e. The fraction of sp³-hybridized carbons (Fsp3) is 1.00. The highest BCUT2D eigenvalue weighted by Crippen LogP contribution is 2.34. The SMILES string of the molecule is CC1SCCCC1(CN)NCCC1CCC1. The largest absolute Gasteiger partial charge is 0.329 e. The third-order valence-corrected chi connectivity index (χ3v) is 6.01. The molecule has 2 atom stereocenters. The van der Waals surface area contributed by atoms with Crippen molar-refractivity contribution in [2.75, 3.05) is 18.8 Å². The Morgan fingerprint density at radius 3 is 2.75 bits per heavy atom. The number of hydrogen-bond acceptors (Lipinski definition) is 3. The molecule has 0 spiro atoms. The van der Waals surface area contributed by atoms with Crippen molar-refractivity contribution in [1.82, 2.24) is 5.32 Å². The van der Waals surface area contributed by atoms with Gasteiger partial charge in [0.25, 0.3) is 0 Å². The fourth-order valence-electron chi connectivity index (χ4n) is 2.89. The van der Waals surface area contributed by atoms with Gasteiger partial charge in [0.15, 0.2) is 0 Å². The number of hydrogen-bond donors (Lipinski definition) is 2. The van der Waals surface area contributed by atoms with E-state index < -0.39 is 0 Å². The van der Waals surface area contributed by atoms with E-state index in [0.29, 0.717) is 5.25 Å². The first-order chi connectivity index (χ1) is 7.77. The van der Waals surface area contributed by atoms with Crippen molar-refractivity contribution in [1.29, 1.82) is 0 Å². The minimum Gasteiger partial charge on any atom is -0.329 e. The second kappa shape index (κ2) is 5.74. The highest BCUT2D eigenvalue weighted by molar-refractivity contribution is 8.00. The van der Waals surface area contributed by atoms with E-state index in [0.717, 1.165) is 12.5 Å². The Balaban J connectivity index is 1.77. The lowest BCUT2D eigenvalue weighted by atomic mass is 9.82. The fourth-order valence-corrected chi connectivity index (χ4v) is 4.17. The summed E-state index contributed by atoms with van der Waals surface area (Å²) < 4.78 is 0. The van der Waals surface area contributed by atoms with Crippen LogP contribution in [-0.2, 0) is 0 Å². The van der Waals surface area contributed by atoms with Crippen LogP contribution in [0.15, 0.2) is 0 Å². The minimum atomic E-state index is 0.229. The van der Waals surface area contributed by atoms with Gasteiger partial charge in [0.05, 0.1) is 0 Å². The predicted molar refractivity (Wildman–Crippen MR) is 72.9 cm³/mol. The van der Waals surface area contributed by atoms with E-state index in [9.17, 15) is 0 Å². The summed E-state index contributed by atoms with van der Waals surface area (Å²) in [6, 6.07) is 0. The normalized spacial score (nSPS) is 36.0. The standard InChI is InChI=1S/C13H26N2S/c1-11-13(10-14,7-3-9-16-11)15-8-6-12-4-2-5-12/h11-12,15H,2-10,14H2,1H3. The zero-order valence-corrected chi connectivity index (χ0v) is 11.3. The van der Waals surface area contributed by atoms with Gasteiger partial charge in [-0.05, 0) is 37.5 Å². The first-order valence-electron chi connectivity index (χ1n) is 6.83. The first kappa shape index (κ1) is 12.7. The molecule has 0 amide bonds. The van der Waals surface area contributed by atoms with Crippen LogP contribution in [0.4, 0.5) is 0 Å². The number of rotatable bonds is 5. The quantitative estimate of drug-likeness (QED) is 0.777. The summed E-state index contributed by atoms with van der Waals surface area (Å²) in [5, 5.41) is 4.46. The Hall–Kier alpha value is 0.270. The van der Waals surface area contributed by atoms with Crippen molar-refractivity contribution < 1.29 is 0 Å². The molecule has 0 bridgehead atoms. The molecule has 2 aliphatic rings. The van der Waals surface area contributed by atoms with Gasteiger partial charge in [0, 0.05) is 17.3 Å². The molecule has 3 heteroatoms. The van der Waals surface area contributed by atoms with Crippen molar-refractivity contribution in [3.63, 3.8) is 0 Å². The van der Waals surface area contributed by atoms with Gasteiger partial charge in [0.2, 0.25) is 0 Å². The lowest BCUT2D eigenvalue weighted by Gasteiger charge is -2.43. The third-order valence-electron chi connectivity index (χ3n) is 4.53. The van der Waals surface area contributed by atoms with Crippen LogP contribution in [0.3, 0.4) is 0 Å². The molecule has 2 nitrogen and oxygen atoms in total. The molecular formula is C13H26N2S. The smallest absolute Gasteiger partial charge is 0.0421 e. The van der Waals surface area contributed by atoms with Gasteiger partial charge in [-0.15, -0.1) is 0 Å². The van der Waals surface area contributed by atoms with Gasteiger partial charge in [-0.1, -0.05) is 26.2 Å². The van der Waals surface area contributed by atoms with E-state index >= 15 is 0 Å². The maximum absolute atomic E-state index is 6.02. The summed E-state index contributed by atoms with van der Waals surface area (Å²) in [4.78, 5) is 0. The van der Waals surface area contributed by atoms with Crippen LogP contribution in [0.1, 0.15) is 45.4 Å². The molecule has 1 saturated heterocycles. The topological polar surface area (TPSA) is 38.0 Å². The van der Waals surface area contributed by atoms with E-state index in [2.05, 4.69) is 24.0 Å². The van der Waals surface area contributed by atoms with Crippen molar-refractivity contribution in [2.45, 2.75) is 56.2 Å². The molecule has 3 N–H and O–H groups in total. The van der Waals surface area contributed by atoms with E-state index in [1.165, 1.54) is 50.8 Å². The molecule has 1 saturated carbocycles. The Bertz CT molecular complexity index is 218. The molecule has 0 aromatic rings. The summed E-state index contributed by atoms with van der Waals surface area (Å²) >= 11 is 2.09. The van der Waals surface area contributed by atoms with Crippen LogP contribution in [-0.4, -0.2) is 29.6 Å². The molecule has 94 valence electrons. The Labute approximate surface area is 104 Å². The molecule has 1 heterocycles. The van der Waals surface area contributed by atoms with Gasteiger partial charge in [-0.2, -0.15) is 11.8 Å². The molecule has 0 aromatic heterocycles. The second-order valence-electron chi connectivity index (χ2n) is 5.49. The van der Waals surface area contributed by atoms with Crippen LogP contribution in [0.5, 0.6) is 0 Å². The molecule has 2 fully saturated rings. The van der Waals surface area contributed by atoms with Gasteiger partial charge < -0.3 is 11.1 Å². The lowest BCUT2D eigenvalue weighted by Crippen LogP contribution is -2.59. The van der Waals surface area contributed by atoms with Crippen LogP contribution in [0, 0.1) is 5.92 Å². The Morgan fingerprint density at radius 2 is 2.19 bits per heavy atom. The van der Waals surface area contributed by atoms with E-state index in [4.69, 9.17) is 5.73 Å². The number of nitrogens with one attached hydrogen (secondary N) is 1. The minimum absolute atomic E-state index is 0.229. The van der Waals surface area contributed by atoms with Crippen molar-refractivity contribution >= 4 is 11.8 Å². The highest BCUT2D eigenvalue weighted by Gasteiger charge is 2.37. The molecule has 16 heavy (non-hydrogen) atoms. The van der Waals surface area contributed by atoms with Crippen LogP contribution < -0.4 is 11.1 Å². The molecule has 1 aliphatic heterocycles. The predicted octanol–water partition coefficient (Wildman–Crippen LogP) is 2.38. The zero-order chi connectivity index (χ0) is 11.4. The zero-order valence-electron chi connectivity index (χ0n) is 10.5. The van der Waals surface area contributed by atoms with Gasteiger partial charge in [-0.25, -0.2) is 0 Å². The summed E-state index contributed by atoms with van der Waals surface area (Å²) in [6.07, 6.45) is 8.33. The number of thioether (sulfide) groups is 1. The molecule has 2 rings (SSSR count). The van der Waals surface area contributed by atoms with Crippen molar-refractivity contribution in [3.8, 4) is 0 Å². The number of nitrogens with two attached hydrogens (primary N) is 1.